The zero-order chi connectivity index (χ0) is 16.7. The predicted octanol–water partition coefficient (Wildman–Crippen LogP) is 3.75. The lowest BCUT2D eigenvalue weighted by molar-refractivity contribution is -0.118. The fraction of sp³-hybridized carbons (Fsp3) is 0.611. The largest absolute Gasteiger partial charge is 0.493 e. The van der Waals surface area contributed by atoms with Gasteiger partial charge in [-0.2, -0.15) is 0 Å². The Kier molecular flexibility index (Phi) is 8.36. The highest BCUT2D eigenvalue weighted by molar-refractivity contribution is 5.91. The summed E-state index contributed by atoms with van der Waals surface area (Å²) in [6.45, 7) is 3.04. The molecular formula is C18H29ClN2O3. The summed E-state index contributed by atoms with van der Waals surface area (Å²) in [6.07, 6.45) is 6.16. The summed E-state index contributed by atoms with van der Waals surface area (Å²) in [5.41, 5.74) is 6.66. The molecule has 0 radical (unpaired) electrons. The third-order valence-corrected chi connectivity index (χ3v) is 4.63. The van der Waals surface area contributed by atoms with E-state index < -0.39 is 0 Å². The maximum absolute atomic E-state index is 12.4. The third-order valence-electron chi connectivity index (χ3n) is 4.63. The van der Waals surface area contributed by atoms with Crippen LogP contribution in [-0.2, 0) is 4.79 Å². The molecule has 0 atom stereocenters. The molecule has 136 valence electrons. The Morgan fingerprint density at radius 1 is 1.25 bits per heavy atom. The van der Waals surface area contributed by atoms with E-state index in [2.05, 4.69) is 5.32 Å². The van der Waals surface area contributed by atoms with Gasteiger partial charge < -0.3 is 20.5 Å². The van der Waals surface area contributed by atoms with E-state index in [9.17, 15) is 4.79 Å². The van der Waals surface area contributed by atoms with Gasteiger partial charge in [0.2, 0.25) is 5.91 Å². The second-order valence-corrected chi connectivity index (χ2v) is 6.29. The van der Waals surface area contributed by atoms with Gasteiger partial charge >= 0.3 is 0 Å². The summed E-state index contributed by atoms with van der Waals surface area (Å²) in [5.74, 6) is 1.32. The minimum atomic E-state index is -0.0302. The standard InChI is InChI=1S/C18H28N2O3.ClH/c1-3-23-16-11-14(7-8-15(16)22-2)20-17(21)12-18(13-19)9-5-4-6-10-18;/h7-8,11H,3-6,9-10,12-13,19H2,1-2H3,(H,20,21);1H. The molecule has 1 aliphatic carbocycles. The van der Waals surface area contributed by atoms with Gasteiger partial charge in [0, 0.05) is 18.2 Å². The van der Waals surface area contributed by atoms with Crippen LogP contribution in [0.2, 0.25) is 0 Å². The van der Waals surface area contributed by atoms with Crippen molar-refractivity contribution in [3.05, 3.63) is 18.2 Å². The van der Waals surface area contributed by atoms with Gasteiger partial charge in [0.25, 0.3) is 0 Å². The van der Waals surface area contributed by atoms with Crippen LogP contribution >= 0.6 is 12.4 Å². The number of amides is 1. The van der Waals surface area contributed by atoms with E-state index in [1.807, 2.05) is 13.0 Å². The van der Waals surface area contributed by atoms with Crippen molar-refractivity contribution < 1.29 is 14.3 Å². The van der Waals surface area contributed by atoms with Crippen LogP contribution in [0.1, 0.15) is 45.4 Å². The first-order valence-electron chi connectivity index (χ1n) is 8.43. The summed E-state index contributed by atoms with van der Waals surface area (Å²) >= 11 is 0. The van der Waals surface area contributed by atoms with Crippen LogP contribution in [0.3, 0.4) is 0 Å². The van der Waals surface area contributed by atoms with Crippen LogP contribution in [0.4, 0.5) is 5.69 Å². The summed E-state index contributed by atoms with van der Waals surface area (Å²) in [5, 5.41) is 2.97. The van der Waals surface area contributed by atoms with E-state index in [-0.39, 0.29) is 23.7 Å². The normalized spacial score (nSPS) is 16.0. The van der Waals surface area contributed by atoms with E-state index in [4.69, 9.17) is 15.2 Å². The van der Waals surface area contributed by atoms with Crippen molar-refractivity contribution in [1.82, 2.24) is 0 Å². The Morgan fingerprint density at radius 2 is 1.96 bits per heavy atom. The van der Waals surface area contributed by atoms with Crippen molar-refractivity contribution in [2.24, 2.45) is 11.1 Å². The number of hydrogen-bond acceptors (Lipinski definition) is 4. The van der Waals surface area contributed by atoms with Gasteiger partial charge in [-0.25, -0.2) is 0 Å². The van der Waals surface area contributed by atoms with Crippen molar-refractivity contribution in [1.29, 1.82) is 0 Å². The lowest BCUT2D eigenvalue weighted by Crippen LogP contribution is -2.36. The molecule has 0 spiro atoms. The lowest BCUT2D eigenvalue weighted by Gasteiger charge is -2.35. The molecule has 3 N–H and O–H groups in total. The second-order valence-electron chi connectivity index (χ2n) is 6.29. The highest BCUT2D eigenvalue weighted by atomic mass is 35.5. The van der Waals surface area contributed by atoms with E-state index in [1.54, 1.807) is 19.2 Å². The fourth-order valence-corrected chi connectivity index (χ4v) is 3.32. The molecule has 0 saturated heterocycles. The minimum Gasteiger partial charge on any atom is -0.493 e. The molecule has 6 heteroatoms. The van der Waals surface area contributed by atoms with Crippen LogP contribution in [0.25, 0.3) is 0 Å². The highest BCUT2D eigenvalue weighted by Crippen LogP contribution is 2.38. The Morgan fingerprint density at radius 3 is 2.54 bits per heavy atom. The number of ether oxygens (including phenoxy) is 2. The van der Waals surface area contributed by atoms with Crippen molar-refractivity contribution in [3.63, 3.8) is 0 Å². The zero-order valence-electron chi connectivity index (χ0n) is 14.6. The van der Waals surface area contributed by atoms with E-state index in [0.29, 0.717) is 31.1 Å². The molecule has 0 aliphatic heterocycles. The molecule has 0 aromatic heterocycles. The number of anilines is 1. The van der Waals surface area contributed by atoms with Gasteiger partial charge in [-0.1, -0.05) is 19.3 Å². The van der Waals surface area contributed by atoms with Gasteiger partial charge in [0.05, 0.1) is 13.7 Å². The number of methoxy groups -OCH3 is 1. The van der Waals surface area contributed by atoms with Crippen molar-refractivity contribution in [3.8, 4) is 11.5 Å². The first-order chi connectivity index (χ1) is 11.1. The van der Waals surface area contributed by atoms with Crippen LogP contribution in [0, 0.1) is 5.41 Å². The lowest BCUT2D eigenvalue weighted by atomic mass is 9.71. The summed E-state index contributed by atoms with van der Waals surface area (Å²) in [7, 11) is 1.60. The predicted molar refractivity (Wildman–Crippen MR) is 99.2 cm³/mol. The quantitative estimate of drug-likeness (QED) is 0.780. The van der Waals surface area contributed by atoms with Gasteiger partial charge in [-0.15, -0.1) is 12.4 Å². The zero-order valence-corrected chi connectivity index (χ0v) is 15.4. The number of nitrogens with one attached hydrogen (secondary N) is 1. The molecule has 0 unspecified atom stereocenters. The highest BCUT2D eigenvalue weighted by Gasteiger charge is 2.32. The number of carbonyl (C=O) groups is 1. The van der Waals surface area contributed by atoms with E-state index >= 15 is 0 Å². The molecule has 1 aromatic rings. The molecular weight excluding hydrogens is 328 g/mol. The molecule has 1 fully saturated rings. The van der Waals surface area contributed by atoms with E-state index in [1.165, 1.54) is 19.3 Å². The summed E-state index contributed by atoms with van der Waals surface area (Å²) in [4.78, 5) is 12.4. The minimum absolute atomic E-state index is 0. The topological polar surface area (TPSA) is 73.6 Å². The fourth-order valence-electron chi connectivity index (χ4n) is 3.32. The molecule has 2 rings (SSSR count). The number of carbonyl (C=O) groups excluding carboxylic acids is 1. The Balaban J connectivity index is 0.00000288. The number of nitrogens with two attached hydrogens (primary N) is 1. The Hall–Kier alpha value is -1.46. The van der Waals surface area contributed by atoms with E-state index in [0.717, 1.165) is 18.5 Å². The molecule has 0 bridgehead atoms. The number of halogens is 1. The average Bonchev–Trinajstić information content (AvgIpc) is 2.56. The molecule has 5 nitrogen and oxygen atoms in total. The molecule has 1 aliphatic rings. The second kappa shape index (κ2) is 9.74. The SMILES string of the molecule is CCOc1cc(NC(=O)CC2(CN)CCCCC2)ccc1OC.Cl. The van der Waals surface area contributed by atoms with Crippen molar-refractivity contribution in [2.45, 2.75) is 45.4 Å². The summed E-state index contributed by atoms with van der Waals surface area (Å²) < 4.78 is 10.8. The first-order valence-corrected chi connectivity index (χ1v) is 8.43. The van der Waals surface area contributed by atoms with Crippen molar-refractivity contribution >= 4 is 24.0 Å². The average molecular weight is 357 g/mol. The molecule has 1 aromatic carbocycles. The Bertz CT molecular complexity index is 531. The molecule has 1 saturated carbocycles. The number of benzene rings is 1. The van der Waals surface area contributed by atoms with Crippen LogP contribution in [0.15, 0.2) is 18.2 Å². The Labute approximate surface area is 150 Å². The summed E-state index contributed by atoms with van der Waals surface area (Å²) in [6, 6.07) is 5.44. The molecule has 0 heterocycles. The first kappa shape index (κ1) is 20.6. The third kappa shape index (κ3) is 5.28. The van der Waals surface area contributed by atoms with Gasteiger partial charge in [-0.3, -0.25) is 4.79 Å². The van der Waals surface area contributed by atoms with Gasteiger partial charge in [0.1, 0.15) is 0 Å². The van der Waals surface area contributed by atoms with Gasteiger partial charge in [-0.05, 0) is 43.9 Å². The van der Waals surface area contributed by atoms with Gasteiger partial charge in [0.15, 0.2) is 11.5 Å². The molecule has 24 heavy (non-hydrogen) atoms. The van der Waals surface area contributed by atoms with Crippen molar-refractivity contribution in [2.75, 3.05) is 25.6 Å². The maximum Gasteiger partial charge on any atom is 0.224 e. The monoisotopic (exact) mass is 356 g/mol. The molecule has 1 amide bonds. The van der Waals surface area contributed by atoms with Crippen LogP contribution in [-0.4, -0.2) is 26.2 Å². The van der Waals surface area contributed by atoms with Crippen LogP contribution < -0.4 is 20.5 Å². The smallest absolute Gasteiger partial charge is 0.224 e. The maximum atomic E-state index is 12.4. The van der Waals surface area contributed by atoms with Crippen LogP contribution in [0.5, 0.6) is 11.5 Å². The number of rotatable bonds is 7. The number of hydrogen-bond donors (Lipinski definition) is 2.